The smallest absolute Gasteiger partial charge is 0.417 e. The number of sulfonamides is 1. The second kappa shape index (κ2) is 14.7. The van der Waals surface area contributed by atoms with E-state index < -0.39 is 31.7 Å². The van der Waals surface area contributed by atoms with Gasteiger partial charge in [-0.25, -0.2) is 8.42 Å². The van der Waals surface area contributed by atoms with Crippen LogP contribution in [0.4, 0.5) is 18.9 Å². The van der Waals surface area contributed by atoms with Gasteiger partial charge in [-0.15, -0.1) is 0 Å². The van der Waals surface area contributed by atoms with Crippen molar-refractivity contribution < 1.29 is 40.6 Å². The minimum absolute atomic E-state index is 0.00720. The van der Waals surface area contributed by atoms with Crippen molar-refractivity contribution in [2.45, 2.75) is 11.1 Å². The second-order valence-corrected chi connectivity index (χ2v) is 10.8. The van der Waals surface area contributed by atoms with Crippen molar-refractivity contribution in [2.75, 3.05) is 44.2 Å². The van der Waals surface area contributed by atoms with Gasteiger partial charge in [0.1, 0.15) is 5.75 Å². The summed E-state index contributed by atoms with van der Waals surface area (Å²) in [5.41, 5.74) is 4.23. The van der Waals surface area contributed by atoms with Gasteiger partial charge in [0, 0.05) is 23.7 Å². The standard InChI is InChI=1S/C26H26Cl2F3N3O6S/c27-18-3-8-24(23(15-18)34-41(36,37)20-6-7-22(28)21(16-20)26(29,30)31)40-19-4-1-17(2-5-19)25(35)33-10-12-39-14-13-38-11-9-32/h1-8,15-16,34H,9-14,32H2,(H,33,35). The van der Waals surface area contributed by atoms with E-state index in [1.54, 1.807) is 0 Å². The summed E-state index contributed by atoms with van der Waals surface area (Å²) in [6.45, 7) is 2.23. The van der Waals surface area contributed by atoms with Crippen LogP contribution in [0.25, 0.3) is 0 Å². The molecule has 0 fully saturated rings. The molecule has 9 nitrogen and oxygen atoms in total. The number of nitrogens with one attached hydrogen (secondary N) is 2. The lowest BCUT2D eigenvalue weighted by Crippen LogP contribution is -2.27. The Kier molecular flexibility index (Phi) is 11.6. The van der Waals surface area contributed by atoms with Crippen molar-refractivity contribution in [2.24, 2.45) is 5.73 Å². The van der Waals surface area contributed by atoms with Crippen LogP contribution < -0.4 is 20.5 Å². The number of alkyl halides is 3. The number of hydrogen-bond acceptors (Lipinski definition) is 7. The summed E-state index contributed by atoms with van der Waals surface area (Å²) in [4.78, 5) is 11.7. The Labute approximate surface area is 244 Å². The van der Waals surface area contributed by atoms with Crippen LogP contribution in [0.15, 0.2) is 65.6 Å². The normalized spacial score (nSPS) is 11.8. The van der Waals surface area contributed by atoms with Crippen LogP contribution in [0.5, 0.6) is 11.5 Å². The molecule has 0 saturated carbocycles. The van der Waals surface area contributed by atoms with Crippen LogP contribution in [-0.4, -0.2) is 53.8 Å². The van der Waals surface area contributed by atoms with E-state index >= 15 is 0 Å². The van der Waals surface area contributed by atoms with Crippen LogP contribution in [0.1, 0.15) is 15.9 Å². The molecular formula is C26H26Cl2F3N3O6S. The number of anilines is 1. The first kappa shape index (κ1) is 32.4. The Morgan fingerprint density at radius 1 is 0.902 bits per heavy atom. The summed E-state index contributed by atoms with van der Waals surface area (Å²) in [6.07, 6.45) is -4.86. The molecule has 3 aromatic rings. The molecule has 3 aromatic carbocycles. The van der Waals surface area contributed by atoms with Gasteiger partial charge in [0.25, 0.3) is 15.9 Å². The molecule has 0 saturated heterocycles. The summed E-state index contributed by atoms with van der Waals surface area (Å²) in [6, 6.07) is 12.3. The maximum atomic E-state index is 13.2. The van der Waals surface area contributed by atoms with E-state index in [0.29, 0.717) is 44.6 Å². The van der Waals surface area contributed by atoms with E-state index in [0.717, 1.165) is 12.1 Å². The monoisotopic (exact) mass is 635 g/mol. The summed E-state index contributed by atoms with van der Waals surface area (Å²) in [5.74, 6) is -0.0931. The molecule has 0 aliphatic rings. The van der Waals surface area contributed by atoms with E-state index in [2.05, 4.69) is 10.0 Å². The third-order valence-corrected chi connectivity index (χ3v) is 7.18. The molecule has 3 rings (SSSR count). The van der Waals surface area contributed by atoms with Gasteiger partial charge < -0.3 is 25.3 Å². The second-order valence-electron chi connectivity index (χ2n) is 8.28. The van der Waals surface area contributed by atoms with Gasteiger partial charge >= 0.3 is 6.18 Å². The van der Waals surface area contributed by atoms with Crippen LogP contribution in [-0.2, 0) is 25.7 Å². The number of rotatable bonds is 14. The van der Waals surface area contributed by atoms with Crippen molar-refractivity contribution in [3.8, 4) is 11.5 Å². The first-order valence-electron chi connectivity index (χ1n) is 12.0. The molecule has 0 aliphatic carbocycles. The van der Waals surface area contributed by atoms with Gasteiger partial charge in [-0.2, -0.15) is 13.2 Å². The fraction of sp³-hybridized carbons (Fsp3) is 0.269. The average Bonchev–Trinajstić information content (AvgIpc) is 2.91. The van der Waals surface area contributed by atoms with E-state index in [1.165, 1.54) is 42.5 Å². The number of hydrogen-bond donors (Lipinski definition) is 3. The van der Waals surface area contributed by atoms with Crippen LogP contribution >= 0.6 is 23.2 Å². The predicted octanol–water partition coefficient (Wildman–Crippen LogP) is 5.33. The number of amides is 1. The fourth-order valence-electron chi connectivity index (χ4n) is 3.31. The Balaban J connectivity index is 1.66. The highest BCUT2D eigenvalue weighted by Crippen LogP contribution is 2.37. The van der Waals surface area contributed by atoms with Gasteiger partial charge in [0.15, 0.2) is 5.75 Å². The molecule has 0 bridgehead atoms. The summed E-state index contributed by atoms with van der Waals surface area (Å²) in [7, 11) is -4.50. The number of ether oxygens (including phenoxy) is 3. The lowest BCUT2D eigenvalue weighted by atomic mass is 10.2. The first-order valence-corrected chi connectivity index (χ1v) is 14.3. The van der Waals surface area contributed by atoms with Crippen LogP contribution in [0.2, 0.25) is 10.0 Å². The quantitative estimate of drug-likeness (QED) is 0.204. The maximum absolute atomic E-state index is 13.2. The summed E-state index contributed by atoms with van der Waals surface area (Å²) in [5, 5.41) is 2.21. The largest absolute Gasteiger partial charge is 0.455 e. The Bertz CT molecular complexity index is 1440. The van der Waals surface area contributed by atoms with Crippen LogP contribution in [0.3, 0.4) is 0 Å². The van der Waals surface area contributed by atoms with Gasteiger partial charge in [0.2, 0.25) is 0 Å². The summed E-state index contributed by atoms with van der Waals surface area (Å²) < 4.78 is 84.1. The Hall–Kier alpha value is -3.07. The molecule has 15 heteroatoms. The maximum Gasteiger partial charge on any atom is 0.417 e. The fourth-order valence-corrected chi connectivity index (χ4v) is 4.79. The van der Waals surface area contributed by atoms with E-state index in [9.17, 15) is 26.4 Å². The van der Waals surface area contributed by atoms with Crippen molar-refractivity contribution in [1.29, 1.82) is 0 Å². The topological polar surface area (TPSA) is 129 Å². The first-order chi connectivity index (χ1) is 19.4. The molecule has 0 radical (unpaired) electrons. The van der Waals surface area contributed by atoms with Crippen molar-refractivity contribution in [3.63, 3.8) is 0 Å². The highest BCUT2D eigenvalue weighted by atomic mass is 35.5. The number of halogens is 5. The lowest BCUT2D eigenvalue weighted by molar-refractivity contribution is -0.137. The Morgan fingerprint density at radius 3 is 2.24 bits per heavy atom. The van der Waals surface area contributed by atoms with E-state index in [1.807, 2.05) is 0 Å². The van der Waals surface area contributed by atoms with Crippen molar-refractivity contribution >= 4 is 44.8 Å². The van der Waals surface area contributed by atoms with Crippen molar-refractivity contribution in [3.05, 3.63) is 81.8 Å². The molecule has 0 heterocycles. The highest BCUT2D eigenvalue weighted by Gasteiger charge is 2.34. The molecule has 41 heavy (non-hydrogen) atoms. The summed E-state index contributed by atoms with van der Waals surface area (Å²) >= 11 is 11.6. The zero-order valence-electron chi connectivity index (χ0n) is 21.3. The average molecular weight is 636 g/mol. The SMILES string of the molecule is NCCOCCOCCNC(=O)c1ccc(Oc2ccc(Cl)cc2NS(=O)(=O)c2ccc(Cl)c(C(F)(F)F)c2)cc1. The zero-order chi connectivity index (χ0) is 30.0. The molecule has 0 atom stereocenters. The van der Waals surface area contributed by atoms with Crippen LogP contribution in [0, 0.1) is 0 Å². The highest BCUT2D eigenvalue weighted by molar-refractivity contribution is 7.92. The van der Waals surface area contributed by atoms with Gasteiger partial charge in [-0.1, -0.05) is 23.2 Å². The molecule has 0 spiro atoms. The third-order valence-electron chi connectivity index (χ3n) is 5.25. The van der Waals surface area contributed by atoms with Gasteiger partial charge in [0.05, 0.1) is 47.6 Å². The lowest BCUT2D eigenvalue weighted by Gasteiger charge is -2.15. The minimum atomic E-state index is -4.86. The zero-order valence-corrected chi connectivity index (χ0v) is 23.7. The molecule has 1 amide bonds. The number of carbonyl (C=O) groups is 1. The molecule has 0 unspecified atom stereocenters. The molecule has 0 aliphatic heterocycles. The van der Waals surface area contributed by atoms with Gasteiger partial charge in [-0.3, -0.25) is 9.52 Å². The van der Waals surface area contributed by atoms with E-state index in [4.69, 9.17) is 43.1 Å². The molecule has 4 N–H and O–H groups in total. The van der Waals surface area contributed by atoms with Gasteiger partial charge in [-0.05, 0) is 60.7 Å². The molecule has 222 valence electrons. The Morgan fingerprint density at radius 2 is 1.59 bits per heavy atom. The van der Waals surface area contributed by atoms with Crippen molar-refractivity contribution in [1.82, 2.24) is 5.32 Å². The predicted molar refractivity (Wildman–Crippen MR) is 148 cm³/mol. The number of benzene rings is 3. The minimum Gasteiger partial charge on any atom is -0.455 e. The molecule has 0 aromatic heterocycles. The number of carbonyl (C=O) groups excluding carboxylic acids is 1. The molecular weight excluding hydrogens is 610 g/mol. The van der Waals surface area contributed by atoms with E-state index in [-0.39, 0.29) is 34.7 Å². The number of nitrogens with two attached hydrogens (primary N) is 1. The third kappa shape index (κ3) is 9.76.